The number of carbonyl (C=O) groups excluding carboxylic acids is 3. The minimum atomic E-state index is -3.82. The van der Waals surface area contributed by atoms with Gasteiger partial charge in [-0.25, -0.2) is 8.42 Å². The highest BCUT2D eigenvalue weighted by Crippen LogP contribution is 2.37. The van der Waals surface area contributed by atoms with Crippen LogP contribution in [-0.2, 0) is 37.3 Å². The molecule has 0 fully saturated rings. The zero-order valence-electron chi connectivity index (χ0n) is 21.3. The molecule has 0 radical (unpaired) electrons. The predicted molar refractivity (Wildman–Crippen MR) is 139 cm³/mol. The van der Waals surface area contributed by atoms with Crippen molar-refractivity contribution in [2.45, 2.75) is 24.8 Å². The molecule has 37 heavy (non-hydrogen) atoms. The maximum absolute atomic E-state index is 13.1. The first kappa shape index (κ1) is 28.7. The van der Waals surface area contributed by atoms with Crippen molar-refractivity contribution in [1.29, 1.82) is 0 Å². The van der Waals surface area contributed by atoms with Crippen LogP contribution in [0, 0.1) is 0 Å². The quantitative estimate of drug-likeness (QED) is 0.432. The van der Waals surface area contributed by atoms with Crippen LogP contribution in [0.2, 0.25) is 0 Å². The molecule has 0 aliphatic carbocycles. The molecule has 1 aromatic carbocycles. The van der Waals surface area contributed by atoms with Crippen LogP contribution < -0.4 is 10.6 Å². The van der Waals surface area contributed by atoms with Crippen LogP contribution in [0.1, 0.15) is 38.1 Å². The predicted octanol–water partition coefficient (Wildman–Crippen LogP) is 1.55. The van der Waals surface area contributed by atoms with Crippen LogP contribution in [0.4, 0.5) is 5.00 Å². The Bertz CT molecular complexity index is 1230. The number of nitrogens with one attached hydrogen (secondary N) is 2. The molecule has 3 amide bonds. The summed E-state index contributed by atoms with van der Waals surface area (Å²) in [6, 6.07) is 5.61. The molecule has 3 rings (SSSR count). The molecule has 1 aromatic heterocycles. The summed E-state index contributed by atoms with van der Waals surface area (Å²) in [4.78, 5) is 40.1. The Kier molecular flexibility index (Phi) is 9.79. The third kappa shape index (κ3) is 6.54. The van der Waals surface area contributed by atoms with Gasteiger partial charge in [-0.1, -0.05) is 0 Å². The third-order valence-corrected chi connectivity index (χ3v) is 9.07. The van der Waals surface area contributed by atoms with Crippen LogP contribution >= 0.6 is 11.3 Å². The van der Waals surface area contributed by atoms with E-state index in [1.165, 1.54) is 68.1 Å². The van der Waals surface area contributed by atoms with Crippen LogP contribution in [0.5, 0.6) is 0 Å². The molecule has 1 aliphatic rings. The number of hydrogen-bond acceptors (Lipinski definition) is 8. The molecule has 0 unspecified atom stereocenters. The maximum Gasteiger partial charge on any atom is 0.256 e. The van der Waals surface area contributed by atoms with Gasteiger partial charge in [-0.3, -0.25) is 14.4 Å². The van der Waals surface area contributed by atoms with Crippen molar-refractivity contribution in [2.24, 2.45) is 0 Å². The van der Waals surface area contributed by atoms with Crippen molar-refractivity contribution in [1.82, 2.24) is 14.5 Å². The van der Waals surface area contributed by atoms with Gasteiger partial charge in [-0.2, -0.15) is 4.31 Å². The zero-order valence-corrected chi connectivity index (χ0v) is 23.0. The van der Waals surface area contributed by atoms with Gasteiger partial charge in [-0.15, -0.1) is 11.3 Å². The van der Waals surface area contributed by atoms with Gasteiger partial charge in [0.25, 0.3) is 11.8 Å². The van der Waals surface area contributed by atoms with Gasteiger partial charge < -0.3 is 25.0 Å². The zero-order chi connectivity index (χ0) is 27.2. The van der Waals surface area contributed by atoms with Gasteiger partial charge in [-0.05, 0) is 36.2 Å². The molecule has 11 nitrogen and oxygen atoms in total. The summed E-state index contributed by atoms with van der Waals surface area (Å²) in [7, 11) is 0.681. The molecular formula is C24H32N4O7S2. The van der Waals surface area contributed by atoms with Crippen molar-refractivity contribution in [2.75, 3.05) is 59.4 Å². The Morgan fingerprint density at radius 3 is 2.22 bits per heavy atom. The first-order chi connectivity index (χ1) is 17.6. The fraction of sp³-hybridized carbons (Fsp3) is 0.458. The Morgan fingerprint density at radius 1 is 1.05 bits per heavy atom. The smallest absolute Gasteiger partial charge is 0.256 e. The molecule has 0 atom stereocenters. The van der Waals surface area contributed by atoms with E-state index >= 15 is 0 Å². The molecular weight excluding hydrogens is 520 g/mol. The van der Waals surface area contributed by atoms with E-state index in [2.05, 4.69) is 10.6 Å². The van der Waals surface area contributed by atoms with Gasteiger partial charge in [0.1, 0.15) is 5.00 Å². The average Bonchev–Trinajstić information content (AvgIpc) is 3.25. The topological polar surface area (TPSA) is 134 Å². The summed E-state index contributed by atoms with van der Waals surface area (Å²) in [5, 5.41) is 5.81. The van der Waals surface area contributed by atoms with E-state index in [1.807, 2.05) is 0 Å². The number of amides is 3. The molecule has 2 aromatic rings. The number of anilines is 1. The van der Waals surface area contributed by atoms with E-state index in [-0.39, 0.29) is 48.6 Å². The Hall–Kier alpha value is -2.84. The van der Waals surface area contributed by atoms with E-state index in [9.17, 15) is 22.8 Å². The Morgan fingerprint density at radius 2 is 1.68 bits per heavy atom. The highest BCUT2D eigenvalue weighted by molar-refractivity contribution is 7.89. The SMILES string of the molecule is CNC(=O)c1c(NC(=O)c2ccc(S(=O)(=O)N(CCOC)CCOC)cc2)sc2c1CCN(C(C)=O)C2. The summed E-state index contributed by atoms with van der Waals surface area (Å²) >= 11 is 1.26. The summed E-state index contributed by atoms with van der Waals surface area (Å²) in [5.74, 6) is -0.853. The highest BCUT2D eigenvalue weighted by Gasteiger charge is 2.29. The highest BCUT2D eigenvalue weighted by atomic mass is 32.2. The van der Waals surface area contributed by atoms with Gasteiger partial charge in [0.2, 0.25) is 15.9 Å². The number of hydrogen-bond donors (Lipinski definition) is 2. The normalized spacial score (nSPS) is 13.4. The van der Waals surface area contributed by atoms with E-state index in [4.69, 9.17) is 9.47 Å². The average molecular weight is 553 g/mol. The number of sulfonamides is 1. The molecule has 2 heterocycles. The van der Waals surface area contributed by atoms with Crippen molar-refractivity contribution in [3.63, 3.8) is 0 Å². The van der Waals surface area contributed by atoms with Crippen molar-refractivity contribution < 1.29 is 32.3 Å². The number of thiophene rings is 1. The minimum Gasteiger partial charge on any atom is -0.383 e. The lowest BCUT2D eigenvalue weighted by Gasteiger charge is -2.25. The number of benzene rings is 1. The number of rotatable bonds is 11. The number of nitrogens with zero attached hydrogens (tertiary/aromatic N) is 2. The van der Waals surface area contributed by atoms with E-state index in [0.717, 1.165) is 10.4 Å². The summed E-state index contributed by atoms with van der Waals surface area (Å²) in [6.07, 6.45) is 0.513. The number of methoxy groups -OCH3 is 2. The largest absolute Gasteiger partial charge is 0.383 e. The van der Waals surface area contributed by atoms with Crippen molar-refractivity contribution >= 4 is 44.1 Å². The molecule has 1 aliphatic heterocycles. The summed E-state index contributed by atoms with van der Waals surface area (Å²) < 4.78 is 37.5. The lowest BCUT2D eigenvalue weighted by molar-refractivity contribution is -0.129. The van der Waals surface area contributed by atoms with E-state index in [1.54, 1.807) is 4.90 Å². The summed E-state index contributed by atoms with van der Waals surface area (Å²) in [5.41, 5.74) is 1.45. The van der Waals surface area contributed by atoms with Crippen LogP contribution in [0.25, 0.3) is 0 Å². The van der Waals surface area contributed by atoms with E-state index in [0.29, 0.717) is 30.1 Å². The Labute approximate surface area is 220 Å². The molecule has 0 bridgehead atoms. The molecule has 0 saturated carbocycles. The monoisotopic (exact) mass is 552 g/mol. The summed E-state index contributed by atoms with van der Waals surface area (Å²) in [6.45, 7) is 3.16. The lowest BCUT2D eigenvalue weighted by Crippen LogP contribution is -2.36. The third-order valence-electron chi connectivity index (χ3n) is 6.03. The number of fused-ring (bicyclic) bond motifs is 1. The molecule has 13 heteroatoms. The van der Waals surface area contributed by atoms with Gasteiger partial charge in [0.05, 0.1) is 30.2 Å². The first-order valence-electron chi connectivity index (χ1n) is 11.7. The van der Waals surface area contributed by atoms with Crippen molar-refractivity contribution in [3.05, 3.63) is 45.8 Å². The van der Waals surface area contributed by atoms with Gasteiger partial charge in [0, 0.05) is 58.3 Å². The molecule has 0 spiro atoms. The second-order valence-corrected chi connectivity index (χ2v) is 11.4. The van der Waals surface area contributed by atoms with Gasteiger partial charge >= 0.3 is 0 Å². The van der Waals surface area contributed by atoms with Crippen molar-refractivity contribution in [3.8, 4) is 0 Å². The number of carbonyl (C=O) groups is 3. The van der Waals surface area contributed by atoms with E-state index < -0.39 is 15.9 Å². The Balaban J connectivity index is 1.83. The molecule has 202 valence electrons. The van der Waals surface area contributed by atoms with Gasteiger partial charge in [0.15, 0.2) is 0 Å². The van der Waals surface area contributed by atoms with Crippen LogP contribution in [0.3, 0.4) is 0 Å². The lowest BCUT2D eigenvalue weighted by atomic mass is 10.0. The van der Waals surface area contributed by atoms with Crippen LogP contribution in [0.15, 0.2) is 29.2 Å². The number of ether oxygens (including phenoxy) is 2. The first-order valence-corrected chi connectivity index (χ1v) is 13.9. The second-order valence-electron chi connectivity index (χ2n) is 8.35. The second kappa shape index (κ2) is 12.6. The minimum absolute atomic E-state index is 0.0400. The standard InChI is InChI=1S/C24H32N4O7S2/c1-16(29)27-10-9-19-20(15-27)36-24(21(19)23(31)25-2)26-22(30)17-5-7-18(8-6-17)37(32,33)28(11-13-34-3)12-14-35-4/h5-8H,9-15H2,1-4H3,(H,25,31)(H,26,30). The molecule has 0 saturated heterocycles. The fourth-order valence-corrected chi connectivity index (χ4v) is 6.63. The van der Waals surface area contributed by atoms with Crippen LogP contribution in [-0.4, -0.2) is 89.5 Å². The fourth-order valence-electron chi connectivity index (χ4n) is 3.97. The molecule has 2 N–H and O–H groups in total. The maximum atomic E-state index is 13.1.